The van der Waals surface area contributed by atoms with E-state index < -0.39 is 17.6 Å². The number of carbonyl (C=O) groups is 1. The number of likely N-dealkylation sites (tertiary alicyclic amines) is 1. The molecular weight excluding hydrogens is 512 g/mol. The largest absolute Gasteiger partial charge is 0.465 e. The zero-order valence-electron chi connectivity index (χ0n) is 24.4. The van der Waals surface area contributed by atoms with Gasteiger partial charge in [-0.1, -0.05) is 42.8 Å². The third-order valence-electron chi connectivity index (χ3n) is 7.94. The molecule has 2 atom stereocenters. The summed E-state index contributed by atoms with van der Waals surface area (Å²) in [5.74, 6) is -0.672. The molecule has 0 saturated carbocycles. The van der Waals surface area contributed by atoms with Crippen molar-refractivity contribution in [2.45, 2.75) is 72.0 Å². The maximum absolute atomic E-state index is 13.5. The molecular formula is C33H45F2NO4. The molecule has 0 aliphatic carbocycles. The van der Waals surface area contributed by atoms with E-state index in [1.165, 1.54) is 29.8 Å². The molecule has 2 aromatic rings. The van der Waals surface area contributed by atoms with E-state index in [4.69, 9.17) is 9.47 Å². The SMILES string of the molecule is CCOC(=O)C1(C(O)CC(C)CCC=C(C)C)CCN(CCOC(c2ccc(F)cc2)c2ccc(F)cc2)CC1. The summed E-state index contributed by atoms with van der Waals surface area (Å²) in [5, 5.41) is 11.3. The van der Waals surface area contributed by atoms with Crippen LogP contribution >= 0.6 is 0 Å². The van der Waals surface area contributed by atoms with Gasteiger partial charge < -0.3 is 19.5 Å². The molecule has 1 N–H and O–H groups in total. The number of nitrogens with zero attached hydrogens (tertiary/aromatic N) is 1. The molecule has 0 radical (unpaired) electrons. The molecule has 1 aliphatic heterocycles. The molecule has 40 heavy (non-hydrogen) atoms. The second-order valence-corrected chi connectivity index (χ2v) is 11.3. The van der Waals surface area contributed by atoms with Gasteiger partial charge in [0.2, 0.25) is 0 Å². The number of aliphatic hydroxyl groups excluding tert-OH is 1. The number of hydrogen-bond donors (Lipinski definition) is 1. The molecule has 2 unspecified atom stereocenters. The van der Waals surface area contributed by atoms with Crippen molar-refractivity contribution < 1.29 is 28.2 Å². The van der Waals surface area contributed by atoms with Crippen molar-refractivity contribution in [1.82, 2.24) is 4.90 Å². The first-order chi connectivity index (χ1) is 19.1. The molecule has 1 fully saturated rings. The van der Waals surface area contributed by atoms with Crippen LogP contribution in [0.4, 0.5) is 8.78 Å². The van der Waals surface area contributed by atoms with Gasteiger partial charge in [0.25, 0.3) is 0 Å². The standard InChI is InChI=1S/C33H45F2NO4/c1-5-39-32(38)33(30(37)23-25(4)8-6-7-24(2)3)17-19-36(20-18-33)21-22-40-31(26-9-13-28(34)14-10-26)27-11-15-29(35)16-12-27/h7,9-16,25,30-31,37H,5-6,8,17-23H2,1-4H3. The van der Waals surface area contributed by atoms with Crippen LogP contribution in [-0.2, 0) is 14.3 Å². The van der Waals surface area contributed by atoms with Crippen molar-refractivity contribution in [3.63, 3.8) is 0 Å². The van der Waals surface area contributed by atoms with E-state index in [1.807, 2.05) is 0 Å². The van der Waals surface area contributed by atoms with Crippen LogP contribution in [0, 0.1) is 23.0 Å². The zero-order valence-corrected chi connectivity index (χ0v) is 24.4. The Morgan fingerprint density at radius 3 is 2.08 bits per heavy atom. The third-order valence-corrected chi connectivity index (χ3v) is 7.94. The van der Waals surface area contributed by atoms with Gasteiger partial charge in [-0.3, -0.25) is 4.79 Å². The van der Waals surface area contributed by atoms with Crippen molar-refractivity contribution in [2.75, 3.05) is 32.8 Å². The Hall–Kier alpha value is -2.61. The number of benzene rings is 2. The molecule has 3 rings (SSSR count). The molecule has 0 bridgehead atoms. The van der Waals surface area contributed by atoms with Crippen LogP contribution in [0.2, 0.25) is 0 Å². The van der Waals surface area contributed by atoms with E-state index >= 15 is 0 Å². The van der Waals surface area contributed by atoms with Crippen LogP contribution < -0.4 is 0 Å². The second-order valence-electron chi connectivity index (χ2n) is 11.3. The highest BCUT2D eigenvalue weighted by Crippen LogP contribution is 2.39. The second kappa shape index (κ2) is 15.4. The first-order valence-electron chi connectivity index (χ1n) is 14.5. The van der Waals surface area contributed by atoms with Crippen LogP contribution in [0.25, 0.3) is 0 Å². The molecule has 7 heteroatoms. The van der Waals surface area contributed by atoms with E-state index in [0.717, 1.165) is 24.0 Å². The van der Waals surface area contributed by atoms with E-state index in [0.29, 0.717) is 45.5 Å². The average molecular weight is 558 g/mol. The number of halogens is 2. The summed E-state index contributed by atoms with van der Waals surface area (Å²) < 4.78 is 38.8. The summed E-state index contributed by atoms with van der Waals surface area (Å²) in [6.07, 6.45) is 4.53. The topological polar surface area (TPSA) is 59.0 Å². The van der Waals surface area contributed by atoms with E-state index in [2.05, 4.69) is 31.7 Å². The molecule has 5 nitrogen and oxygen atoms in total. The van der Waals surface area contributed by atoms with Crippen molar-refractivity contribution in [2.24, 2.45) is 11.3 Å². The molecule has 1 aliphatic rings. The smallest absolute Gasteiger partial charge is 0.314 e. The van der Waals surface area contributed by atoms with Crippen molar-refractivity contribution in [3.05, 3.63) is 82.9 Å². The minimum absolute atomic E-state index is 0.287. The Morgan fingerprint density at radius 1 is 1.02 bits per heavy atom. The van der Waals surface area contributed by atoms with Crippen molar-refractivity contribution >= 4 is 5.97 Å². The van der Waals surface area contributed by atoms with Gasteiger partial charge in [-0.2, -0.15) is 0 Å². The molecule has 0 aromatic heterocycles. The molecule has 2 aromatic carbocycles. The van der Waals surface area contributed by atoms with Gasteiger partial charge in [0.1, 0.15) is 17.7 Å². The maximum Gasteiger partial charge on any atom is 0.314 e. The van der Waals surface area contributed by atoms with E-state index in [1.54, 1.807) is 31.2 Å². The minimum Gasteiger partial charge on any atom is -0.465 e. The quantitative estimate of drug-likeness (QED) is 0.203. The lowest BCUT2D eigenvalue weighted by atomic mass is 9.71. The Bertz CT molecular complexity index is 1030. The summed E-state index contributed by atoms with van der Waals surface area (Å²) >= 11 is 0. The Kier molecular flexibility index (Phi) is 12.3. The number of esters is 1. The predicted octanol–water partition coefficient (Wildman–Crippen LogP) is 6.85. The molecule has 220 valence electrons. The highest BCUT2D eigenvalue weighted by Gasteiger charge is 2.48. The highest BCUT2D eigenvalue weighted by atomic mass is 19.1. The number of carbonyl (C=O) groups excluding carboxylic acids is 1. The summed E-state index contributed by atoms with van der Waals surface area (Å²) in [4.78, 5) is 15.4. The normalized spacial score (nSPS) is 16.9. The van der Waals surface area contributed by atoms with Crippen LogP contribution in [0.3, 0.4) is 0 Å². The lowest BCUT2D eigenvalue weighted by Crippen LogP contribution is -2.52. The lowest BCUT2D eigenvalue weighted by Gasteiger charge is -2.43. The van der Waals surface area contributed by atoms with Crippen molar-refractivity contribution in [1.29, 1.82) is 0 Å². The number of allylic oxidation sites excluding steroid dienone is 2. The number of hydrogen-bond acceptors (Lipinski definition) is 5. The first-order valence-corrected chi connectivity index (χ1v) is 14.5. The summed E-state index contributed by atoms with van der Waals surface area (Å²) in [6, 6.07) is 12.3. The van der Waals surface area contributed by atoms with E-state index in [9.17, 15) is 18.7 Å². The Morgan fingerprint density at radius 2 is 1.57 bits per heavy atom. The lowest BCUT2D eigenvalue weighted by molar-refractivity contribution is -0.169. The first kappa shape index (κ1) is 31.9. The number of piperidine rings is 1. The fraction of sp³-hybridized carbons (Fsp3) is 0.545. The van der Waals surface area contributed by atoms with Gasteiger partial charge in [-0.25, -0.2) is 8.78 Å². The maximum atomic E-state index is 13.5. The van der Waals surface area contributed by atoms with Gasteiger partial charge in [-0.05, 0) is 107 Å². The van der Waals surface area contributed by atoms with Crippen LogP contribution in [-0.4, -0.2) is 54.9 Å². The monoisotopic (exact) mass is 557 g/mol. The Balaban J connectivity index is 1.60. The van der Waals surface area contributed by atoms with Crippen LogP contribution in [0.1, 0.15) is 77.0 Å². The fourth-order valence-corrected chi connectivity index (χ4v) is 5.46. The summed E-state index contributed by atoms with van der Waals surface area (Å²) in [5.41, 5.74) is 1.96. The zero-order chi connectivity index (χ0) is 29.1. The van der Waals surface area contributed by atoms with Gasteiger partial charge in [0, 0.05) is 6.54 Å². The minimum atomic E-state index is -0.900. The van der Waals surface area contributed by atoms with E-state index in [-0.39, 0.29) is 30.1 Å². The predicted molar refractivity (Wildman–Crippen MR) is 154 cm³/mol. The average Bonchev–Trinajstić information content (AvgIpc) is 2.92. The third kappa shape index (κ3) is 8.95. The molecule has 1 heterocycles. The Labute approximate surface area is 238 Å². The number of ether oxygens (including phenoxy) is 2. The van der Waals surface area contributed by atoms with Gasteiger partial charge in [0.05, 0.1) is 24.7 Å². The summed E-state index contributed by atoms with van der Waals surface area (Å²) in [6.45, 7) is 10.7. The van der Waals surface area contributed by atoms with Crippen molar-refractivity contribution in [3.8, 4) is 0 Å². The highest BCUT2D eigenvalue weighted by molar-refractivity contribution is 5.77. The summed E-state index contributed by atoms with van der Waals surface area (Å²) in [7, 11) is 0. The van der Waals surface area contributed by atoms with Gasteiger partial charge in [0.15, 0.2) is 0 Å². The fourth-order valence-electron chi connectivity index (χ4n) is 5.46. The number of aliphatic hydroxyl groups is 1. The van der Waals surface area contributed by atoms with Crippen LogP contribution in [0.15, 0.2) is 60.2 Å². The number of rotatable bonds is 14. The molecule has 0 amide bonds. The molecule has 1 saturated heterocycles. The van der Waals surface area contributed by atoms with Crippen LogP contribution in [0.5, 0.6) is 0 Å². The van der Waals surface area contributed by atoms with Gasteiger partial charge in [-0.15, -0.1) is 0 Å². The van der Waals surface area contributed by atoms with Gasteiger partial charge >= 0.3 is 5.97 Å². The molecule has 0 spiro atoms.